The van der Waals surface area contributed by atoms with Gasteiger partial charge in [0.05, 0.1) is 17.6 Å². The first kappa shape index (κ1) is 12.8. The summed E-state index contributed by atoms with van der Waals surface area (Å²) in [6.07, 6.45) is 2.18. The first-order valence-electron chi connectivity index (χ1n) is 4.83. The molecule has 0 aromatic carbocycles. The van der Waals surface area contributed by atoms with Crippen LogP contribution in [0.5, 0.6) is 0 Å². The Hall–Kier alpha value is -2.31. The molecule has 1 heterocycles. The van der Waals surface area contributed by atoms with E-state index in [-0.39, 0.29) is 13.2 Å². The van der Waals surface area contributed by atoms with Gasteiger partial charge in [0, 0.05) is 0 Å². The Morgan fingerprint density at radius 1 is 1.71 bits per heavy atom. The van der Waals surface area contributed by atoms with E-state index in [4.69, 9.17) is 9.84 Å². The number of aliphatic carboxylic acids is 1. The molecule has 92 valence electrons. The lowest BCUT2D eigenvalue weighted by molar-refractivity contribution is -0.137. The van der Waals surface area contributed by atoms with Crippen LogP contribution in [0.3, 0.4) is 0 Å². The Kier molecular flexibility index (Phi) is 4.27. The molecule has 0 unspecified atom stereocenters. The monoisotopic (exact) mass is 239 g/mol. The largest absolute Gasteiger partial charge is 0.480 e. The molecule has 7 heteroatoms. The fourth-order valence-electron chi connectivity index (χ4n) is 1.14. The lowest BCUT2D eigenvalue weighted by Crippen LogP contribution is -2.15. The average molecular weight is 239 g/mol. The third-order valence-corrected chi connectivity index (χ3v) is 1.96. The van der Waals surface area contributed by atoms with Crippen LogP contribution in [0.1, 0.15) is 5.69 Å². The van der Waals surface area contributed by atoms with E-state index in [1.54, 1.807) is 6.92 Å². The van der Waals surface area contributed by atoms with Gasteiger partial charge in [0.15, 0.2) is 0 Å². The molecule has 0 atom stereocenters. The highest BCUT2D eigenvalue weighted by molar-refractivity contribution is 5.85. The number of rotatable bonds is 5. The van der Waals surface area contributed by atoms with Crippen LogP contribution in [0.4, 0.5) is 10.5 Å². The molecule has 1 amide bonds. The van der Waals surface area contributed by atoms with Crippen molar-refractivity contribution in [3.8, 4) is 0 Å². The number of carbonyl (C=O) groups is 2. The molecule has 0 aliphatic carbocycles. The van der Waals surface area contributed by atoms with Gasteiger partial charge in [0.25, 0.3) is 0 Å². The Labute approximate surface area is 97.7 Å². The molecule has 2 N–H and O–H groups in total. The van der Waals surface area contributed by atoms with Crippen LogP contribution in [0, 0.1) is 6.92 Å². The second-order valence-electron chi connectivity index (χ2n) is 3.21. The van der Waals surface area contributed by atoms with Crippen molar-refractivity contribution >= 4 is 17.7 Å². The number of carbonyl (C=O) groups excluding carboxylic acids is 1. The van der Waals surface area contributed by atoms with Gasteiger partial charge in [-0.3, -0.25) is 14.8 Å². The van der Waals surface area contributed by atoms with Crippen molar-refractivity contribution in [1.29, 1.82) is 0 Å². The second-order valence-corrected chi connectivity index (χ2v) is 3.21. The molecule has 0 aliphatic heterocycles. The molecule has 17 heavy (non-hydrogen) atoms. The van der Waals surface area contributed by atoms with Crippen molar-refractivity contribution in [2.75, 3.05) is 11.9 Å². The highest BCUT2D eigenvalue weighted by Gasteiger charge is 2.11. The minimum Gasteiger partial charge on any atom is -0.480 e. The molecule has 0 bridgehead atoms. The SMILES string of the molecule is C=CCOC(=O)Nc1cnn(CC(=O)O)c1C. The maximum atomic E-state index is 11.2. The third kappa shape index (κ3) is 3.63. The maximum Gasteiger partial charge on any atom is 0.412 e. The Morgan fingerprint density at radius 3 is 3.00 bits per heavy atom. The molecule has 1 rings (SSSR count). The number of carboxylic acid groups (broad SMARTS) is 1. The predicted molar refractivity (Wildman–Crippen MR) is 59.8 cm³/mol. The van der Waals surface area contributed by atoms with Crippen molar-refractivity contribution < 1.29 is 19.4 Å². The quantitative estimate of drug-likeness (QED) is 0.748. The van der Waals surface area contributed by atoms with E-state index in [0.717, 1.165) is 0 Å². The third-order valence-electron chi connectivity index (χ3n) is 1.96. The summed E-state index contributed by atoms with van der Waals surface area (Å²) < 4.78 is 5.99. The van der Waals surface area contributed by atoms with Crippen molar-refractivity contribution in [3.63, 3.8) is 0 Å². The molecule has 0 saturated heterocycles. The van der Waals surface area contributed by atoms with Gasteiger partial charge >= 0.3 is 12.1 Å². The summed E-state index contributed by atoms with van der Waals surface area (Å²) in [5.41, 5.74) is 0.961. The zero-order valence-electron chi connectivity index (χ0n) is 9.34. The molecule has 1 aromatic rings. The summed E-state index contributed by atoms with van der Waals surface area (Å²) in [6.45, 7) is 4.91. The number of hydrogen-bond donors (Lipinski definition) is 2. The Balaban J connectivity index is 2.66. The average Bonchev–Trinajstić information content (AvgIpc) is 2.58. The maximum absolute atomic E-state index is 11.2. The molecular formula is C10H13N3O4. The van der Waals surface area contributed by atoms with E-state index in [1.165, 1.54) is 17.0 Å². The molecule has 0 aliphatic rings. The van der Waals surface area contributed by atoms with Crippen molar-refractivity contribution in [2.45, 2.75) is 13.5 Å². The van der Waals surface area contributed by atoms with Gasteiger partial charge < -0.3 is 9.84 Å². The number of hydrogen-bond acceptors (Lipinski definition) is 4. The van der Waals surface area contributed by atoms with Crippen molar-refractivity contribution in [1.82, 2.24) is 9.78 Å². The van der Waals surface area contributed by atoms with Gasteiger partial charge in [0.2, 0.25) is 0 Å². The molecule has 0 radical (unpaired) electrons. The molecule has 0 spiro atoms. The van der Waals surface area contributed by atoms with Crippen molar-refractivity contribution in [3.05, 3.63) is 24.5 Å². The Bertz CT molecular complexity index is 439. The number of nitrogens with one attached hydrogen (secondary N) is 1. The van der Waals surface area contributed by atoms with E-state index < -0.39 is 12.1 Å². The van der Waals surface area contributed by atoms with Crippen LogP contribution in [-0.2, 0) is 16.1 Å². The minimum absolute atomic E-state index is 0.105. The fraction of sp³-hybridized carbons (Fsp3) is 0.300. The number of aromatic nitrogens is 2. The zero-order chi connectivity index (χ0) is 12.8. The van der Waals surface area contributed by atoms with E-state index in [1.807, 2.05) is 0 Å². The fourth-order valence-corrected chi connectivity index (χ4v) is 1.14. The summed E-state index contributed by atoms with van der Waals surface area (Å²) >= 11 is 0. The van der Waals surface area contributed by atoms with Gasteiger partial charge in [-0.15, -0.1) is 0 Å². The van der Waals surface area contributed by atoms with Crippen LogP contribution >= 0.6 is 0 Å². The minimum atomic E-state index is -1.00. The number of amides is 1. The molecule has 0 fully saturated rings. The van der Waals surface area contributed by atoms with Crippen LogP contribution in [0.15, 0.2) is 18.9 Å². The van der Waals surface area contributed by atoms with Crippen LogP contribution in [0.2, 0.25) is 0 Å². The highest BCUT2D eigenvalue weighted by Crippen LogP contribution is 2.13. The lowest BCUT2D eigenvalue weighted by Gasteiger charge is -2.05. The predicted octanol–water partition coefficient (Wildman–Crippen LogP) is 1.01. The number of ether oxygens (including phenoxy) is 1. The Morgan fingerprint density at radius 2 is 2.41 bits per heavy atom. The summed E-state index contributed by atoms with van der Waals surface area (Å²) in [4.78, 5) is 21.7. The number of carboxylic acids is 1. The van der Waals surface area contributed by atoms with Crippen LogP contribution < -0.4 is 5.32 Å². The first-order chi connectivity index (χ1) is 8.04. The number of nitrogens with zero attached hydrogens (tertiary/aromatic N) is 2. The molecule has 1 aromatic heterocycles. The van der Waals surface area contributed by atoms with Gasteiger partial charge in [-0.25, -0.2) is 4.79 Å². The van der Waals surface area contributed by atoms with E-state index in [9.17, 15) is 9.59 Å². The highest BCUT2D eigenvalue weighted by atomic mass is 16.5. The first-order valence-corrected chi connectivity index (χ1v) is 4.83. The summed E-state index contributed by atoms with van der Waals surface area (Å²) in [6, 6.07) is 0. The van der Waals surface area contributed by atoms with Crippen LogP contribution in [0.25, 0.3) is 0 Å². The summed E-state index contributed by atoms with van der Waals surface area (Å²) in [5.74, 6) is -1.00. The van der Waals surface area contributed by atoms with Gasteiger partial charge in [-0.1, -0.05) is 12.7 Å². The van der Waals surface area contributed by atoms with Gasteiger partial charge in [-0.05, 0) is 6.92 Å². The standard InChI is InChI=1S/C10H13N3O4/c1-3-4-17-10(16)12-8-5-11-13(7(8)2)6-9(14)15/h3,5H,1,4,6H2,2H3,(H,12,16)(H,14,15). The smallest absolute Gasteiger partial charge is 0.412 e. The normalized spacial score (nSPS) is 9.71. The molecule has 0 saturated carbocycles. The lowest BCUT2D eigenvalue weighted by atomic mass is 10.4. The second kappa shape index (κ2) is 5.69. The van der Waals surface area contributed by atoms with E-state index in [0.29, 0.717) is 11.4 Å². The van der Waals surface area contributed by atoms with E-state index >= 15 is 0 Å². The topological polar surface area (TPSA) is 93.5 Å². The summed E-state index contributed by atoms with van der Waals surface area (Å²) in [5, 5.41) is 14.9. The van der Waals surface area contributed by atoms with Crippen molar-refractivity contribution in [2.24, 2.45) is 0 Å². The molecule has 7 nitrogen and oxygen atoms in total. The summed E-state index contributed by atoms with van der Waals surface area (Å²) in [7, 11) is 0. The zero-order valence-corrected chi connectivity index (χ0v) is 9.34. The van der Waals surface area contributed by atoms with Crippen LogP contribution in [-0.4, -0.2) is 33.6 Å². The van der Waals surface area contributed by atoms with Gasteiger partial charge in [-0.2, -0.15) is 5.10 Å². The van der Waals surface area contributed by atoms with Gasteiger partial charge in [0.1, 0.15) is 13.2 Å². The van der Waals surface area contributed by atoms with E-state index in [2.05, 4.69) is 17.0 Å². The number of anilines is 1. The molecular weight excluding hydrogens is 226 g/mol.